The number of nitrogens with zero attached hydrogens (tertiary/aromatic N) is 2. The summed E-state index contributed by atoms with van der Waals surface area (Å²) < 4.78 is 11.2. The molecular formula is C15H17N3O2. The Balaban J connectivity index is 2.16. The van der Waals surface area contributed by atoms with Gasteiger partial charge in [0.05, 0.1) is 7.11 Å². The van der Waals surface area contributed by atoms with Crippen LogP contribution >= 0.6 is 0 Å². The molecule has 5 nitrogen and oxygen atoms in total. The van der Waals surface area contributed by atoms with Gasteiger partial charge in [0.1, 0.15) is 17.5 Å². The molecule has 0 aliphatic carbocycles. The fourth-order valence-corrected chi connectivity index (χ4v) is 2.56. The Morgan fingerprint density at radius 2 is 2.15 bits per heavy atom. The predicted octanol–water partition coefficient (Wildman–Crippen LogP) is 1.72. The van der Waals surface area contributed by atoms with Crippen LogP contribution in [0.2, 0.25) is 0 Å². The maximum Gasteiger partial charge on any atom is 0.240 e. The van der Waals surface area contributed by atoms with E-state index in [2.05, 4.69) is 23.0 Å². The van der Waals surface area contributed by atoms with Crippen LogP contribution < -0.4 is 15.2 Å². The van der Waals surface area contributed by atoms with Crippen molar-refractivity contribution in [2.75, 3.05) is 13.7 Å². The molecule has 0 bridgehead atoms. The van der Waals surface area contributed by atoms with Gasteiger partial charge in [-0.1, -0.05) is 6.07 Å². The molecule has 20 heavy (non-hydrogen) atoms. The second kappa shape index (κ2) is 5.09. The first-order valence-corrected chi connectivity index (χ1v) is 6.58. The number of methoxy groups -OCH3 is 1. The van der Waals surface area contributed by atoms with Crippen molar-refractivity contribution in [1.29, 1.82) is 0 Å². The number of hydrogen-bond donors (Lipinski definition) is 1. The molecule has 0 saturated carbocycles. The monoisotopic (exact) mass is 271 g/mol. The number of aromatic nitrogens is 2. The molecule has 3 rings (SSSR count). The van der Waals surface area contributed by atoms with Crippen LogP contribution in [0, 0.1) is 6.92 Å². The molecule has 2 aromatic rings. The van der Waals surface area contributed by atoms with Crippen LogP contribution in [0.3, 0.4) is 0 Å². The fourth-order valence-electron chi connectivity index (χ4n) is 2.56. The molecule has 2 N–H and O–H groups in total. The summed E-state index contributed by atoms with van der Waals surface area (Å²) in [5, 5.41) is 0. The molecule has 104 valence electrons. The van der Waals surface area contributed by atoms with Crippen LogP contribution in [0.15, 0.2) is 24.5 Å². The number of rotatable bonds is 3. The molecule has 1 aromatic carbocycles. The molecule has 0 fully saturated rings. The van der Waals surface area contributed by atoms with Gasteiger partial charge in [-0.2, -0.15) is 0 Å². The molecule has 0 unspecified atom stereocenters. The zero-order valence-corrected chi connectivity index (χ0v) is 11.6. The first-order chi connectivity index (χ1) is 9.72. The lowest BCUT2D eigenvalue weighted by atomic mass is 10.0. The molecule has 0 spiro atoms. The highest BCUT2D eigenvalue weighted by Gasteiger charge is 2.27. The Labute approximate surface area is 117 Å². The number of ether oxygens (including phenoxy) is 2. The Morgan fingerprint density at radius 3 is 2.90 bits per heavy atom. The molecular weight excluding hydrogens is 254 g/mol. The lowest BCUT2D eigenvalue weighted by molar-refractivity contribution is 0.242. The Morgan fingerprint density at radius 1 is 1.35 bits per heavy atom. The lowest BCUT2D eigenvalue weighted by Crippen LogP contribution is -2.24. The van der Waals surface area contributed by atoms with Gasteiger partial charge in [0.2, 0.25) is 5.88 Å². The van der Waals surface area contributed by atoms with Crippen molar-refractivity contribution >= 4 is 0 Å². The third-order valence-corrected chi connectivity index (χ3v) is 3.42. The van der Waals surface area contributed by atoms with E-state index in [0.29, 0.717) is 18.1 Å². The molecule has 2 heterocycles. The zero-order valence-electron chi connectivity index (χ0n) is 11.6. The quantitative estimate of drug-likeness (QED) is 0.920. The first-order valence-electron chi connectivity index (χ1n) is 6.58. The lowest BCUT2D eigenvalue weighted by Gasteiger charge is -2.12. The highest BCUT2D eigenvalue weighted by molar-refractivity contribution is 5.74. The van der Waals surface area contributed by atoms with Gasteiger partial charge in [-0.25, -0.2) is 9.97 Å². The van der Waals surface area contributed by atoms with Gasteiger partial charge in [0, 0.05) is 30.9 Å². The predicted molar refractivity (Wildman–Crippen MR) is 75.9 cm³/mol. The zero-order chi connectivity index (χ0) is 14.1. The van der Waals surface area contributed by atoms with Crippen molar-refractivity contribution in [2.24, 2.45) is 5.73 Å². The molecule has 1 atom stereocenters. The van der Waals surface area contributed by atoms with Crippen molar-refractivity contribution in [3.05, 3.63) is 35.7 Å². The van der Waals surface area contributed by atoms with Crippen LogP contribution in [-0.2, 0) is 6.42 Å². The molecule has 0 radical (unpaired) electrons. The molecule has 1 aliphatic rings. The summed E-state index contributed by atoms with van der Waals surface area (Å²) in [7, 11) is 1.59. The van der Waals surface area contributed by atoms with Crippen LogP contribution in [-0.4, -0.2) is 29.7 Å². The molecule has 5 heteroatoms. The Kier molecular flexibility index (Phi) is 3.28. The average Bonchev–Trinajstić information content (AvgIpc) is 2.89. The van der Waals surface area contributed by atoms with E-state index < -0.39 is 0 Å². The van der Waals surface area contributed by atoms with E-state index >= 15 is 0 Å². The van der Waals surface area contributed by atoms with Crippen LogP contribution in [0.5, 0.6) is 11.6 Å². The van der Waals surface area contributed by atoms with Gasteiger partial charge in [-0.3, -0.25) is 0 Å². The van der Waals surface area contributed by atoms with Crippen LogP contribution in [0.4, 0.5) is 0 Å². The van der Waals surface area contributed by atoms with E-state index in [1.54, 1.807) is 19.5 Å². The first kappa shape index (κ1) is 12.9. The third-order valence-electron chi connectivity index (χ3n) is 3.42. The van der Waals surface area contributed by atoms with E-state index in [1.165, 1.54) is 5.56 Å². The van der Waals surface area contributed by atoms with E-state index in [9.17, 15) is 0 Å². The summed E-state index contributed by atoms with van der Waals surface area (Å²) in [6.07, 6.45) is 4.14. The van der Waals surface area contributed by atoms with Crippen molar-refractivity contribution in [2.45, 2.75) is 19.4 Å². The van der Waals surface area contributed by atoms with Gasteiger partial charge < -0.3 is 15.2 Å². The standard InChI is InChI=1S/C15H17N3O2/c1-9-5-10-7-11(8-16)20-14(10)12(6-9)13-15(19-2)18-4-3-17-13/h3-6,11H,7-8,16H2,1-2H3/t11-/m0/s1. The number of benzene rings is 1. The van der Waals surface area contributed by atoms with Gasteiger partial charge >= 0.3 is 0 Å². The number of hydrogen-bond acceptors (Lipinski definition) is 5. The van der Waals surface area contributed by atoms with Crippen LogP contribution in [0.25, 0.3) is 11.3 Å². The summed E-state index contributed by atoms with van der Waals surface area (Å²) in [4.78, 5) is 8.59. The van der Waals surface area contributed by atoms with Crippen molar-refractivity contribution in [1.82, 2.24) is 9.97 Å². The maximum absolute atomic E-state index is 5.95. The van der Waals surface area contributed by atoms with E-state index in [-0.39, 0.29) is 6.10 Å². The fraction of sp³-hybridized carbons (Fsp3) is 0.333. The highest BCUT2D eigenvalue weighted by atomic mass is 16.5. The van der Waals surface area contributed by atoms with E-state index in [0.717, 1.165) is 23.3 Å². The number of fused-ring (bicyclic) bond motifs is 1. The molecule has 0 amide bonds. The summed E-state index contributed by atoms with van der Waals surface area (Å²) in [5.41, 5.74) is 9.67. The summed E-state index contributed by atoms with van der Waals surface area (Å²) in [6.45, 7) is 2.56. The van der Waals surface area contributed by atoms with E-state index in [1.807, 2.05) is 6.07 Å². The SMILES string of the molecule is COc1nccnc1-c1cc(C)cc2c1O[C@H](CN)C2. The topological polar surface area (TPSA) is 70.3 Å². The number of aryl methyl sites for hydroxylation is 1. The Hall–Kier alpha value is -2.14. The molecule has 1 aliphatic heterocycles. The number of nitrogens with two attached hydrogens (primary N) is 1. The normalized spacial score (nSPS) is 16.6. The van der Waals surface area contributed by atoms with Gasteiger partial charge in [-0.15, -0.1) is 0 Å². The smallest absolute Gasteiger partial charge is 0.240 e. The van der Waals surface area contributed by atoms with Gasteiger partial charge in [-0.05, 0) is 24.1 Å². The van der Waals surface area contributed by atoms with E-state index in [4.69, 9.17) is 15.2 Å². The average molecular weight is 271 g/mol. The van der Waals surface area contributed by atoms with Crippen molar-refractivity contribution in [3.8, 4) is 22.9 Å². The third kappa shape index (κ3) is 2.10. The minimum absolute atomic E-state index is 0.0354. The second-order valence-electron chi connectivity index (χ2n) is 4.89. The van der Waals surface area contributed by atoms with Crippen molar-refractivity contribution in [3.63, 3.8) is 0 Å². The summed E-state index contributed by atoms with van der Waals surface area (Å²) >= 11 is 0. The largest absolute Gasteiger partial charge is 0.488 e. The highest BCUT2D eigenvalue weighted by Crippen LogP contribution is 2.41. The van der Waals surface area contributed by atoms with Gasteiger partial charge in [0.15, 0.2) is 0 Å². The molecule has 0 saturated heterocycles. The second-order valence-corrected chi connectivity index (χ2v) is 4.89. The molecule has 1 aromatic heterocycles. The minimum Gasteiger partial charge on any atom is -0.488 e. The Bertz CT molecular complexity index is 643. The van der Waals surface area contributed by atoms with Gasteiger partial charge in [0.25, 0.3) is 0 Å². The van der Waals surface area contributed by atoms with Crippen molar-refractivity contribution < 1.29 is 9.47 Å². The van der Waals surface area contributed by atoms with Crippen LogP contribution in [0.1, 0.15) is 11.1 Å². The minimum atomic E-state index is 0.0354. The summed E-state index contributed by atoms with van der Waals surface area (Å²) in [5.74, 6) is 1.35. The summed E-state index contributed by atoms with van der Waals surface area (Å²) in [6, 6.07) is 4.18. The maximum atomic E-state index is 5.95.